The molecule has 600 valence electrons. The highest BCUT2D eigenvalue weighted by atomic mass is 32.2. The maximum Gasteiger partial charge on any atom is 0.303 e. The third-order valence-electron chi connectivity index (χ3n) is 21.4. The zero-order valence-electron chi connectivity index (χ0n) is 63.8. The summed E-state index contributed by atoms with van der Waals surface area (Å²) in [6, 6.07) is 57.8. The fourth-order valence-electron chi connectivity index (χ4n) is 15.1. The number of amides is 7. The zero-order chi connectivity index (χ0) is 82.3. The van der Waals surface area contributed by atoms with E-state index in [1.54, 1.807) is 68.8 Å². The molecule has 1 spiro atoms. The Balaban J connectivity index is 0.000000193. The summed E-state index contributed by atoms with van der Waals surface area (Å²) in [4.78, 5) is 118. The minimum atomic E-state index is -4.55. The minimum absolute atomic E-state index is 0.00809. The number of hydrogen-bond acceptors (Lipinski definition) is 19. The summed E-state index contributed by atoms with van der Waals surface area (Å²) in [6.07, 6.45) is 2.93. The van der Waals surface area contributed by atoms with Crippen LogP contribution in [0.2, 0.25) is 0 Å². The number of fused-ring (bicyclic) bond motifs is 6. The molecule has 2 saturated heterocycles. The Hall–Kier alpha value is -13.1. The summed E-state index contributed by atoms with van der Waals surface area (Å²) in [6.45, 7) is 7.98. The Morgan fingerprint density at radius 1 is 0.667 bits per heavy atom. The molecule has 7 amide bonds. The van der Waals surface area contributed by atoms with Gasteiger partial charge in [0.25, 0.3) is 31.9 Å². The first-order valence-corrected chi connectivity index (χ1v) is 40.9. The van der Waals surface area contributed by atoms with Gasteiger partial charge in [-0.3, -0.25) is 38.4 Å². The molecule has 117 heavy (non-hydrogen) atoms. The average molecular weight is 1620 g/mol. The fraction of sp³-hybridized carbons (Fsp3) is 0.250. The average Bonchev–Trinajstić information content (AvgIpc) is 1.58. The number of carbonyl (C=O) groups is 8. The van der Waals surface area contributed by atoms with Gasteiger partial charge in [-0.2, -0.15) is 0 Å². The van der Waals surface area contributed by atoms with Crippen molar-refractivity contribution in [2.75, 3.05) is 37.9 Å². The van der Waals surface area contributed by atoms with Crippen molar-refractivity contribution in [3.8, 4) is 45.5 Å². The fourth-order valence-corrected chi connectivity index (χ4v) is 17.5. The van der Waals surface area contributed by atoms with Gasteiger partial charge in [0.15, 0.2) is 0 Å². The van der Waals surface area contributed by atoms with E-state index < -0.39 is 109 Å². The van der Waals surface area contributed by atoms with E-state index in [1.165, 1.54) is 53.5 Å². The Labute approximate surface area is 674 Å². The summed E-state index contributed by atoms with van der Waals surface area (Å²) in [7, 11) is -5.94. The first-order valence-electron chi connectivity index (χ1n) is 38.0. The van der Waals surface area contributed by atoms with Crippen LogP contribution in [0.3, 0.4) is 0 Å². The van der Waals surface area contributed by atoms with Crippen molar-refractivity contribution in [1.82, 2.24) is 40.3 Å². The van der Waals surface area contributed by atoms with Crippen LogP contribution in [-0.2, 0) is 84.1 Å². The Morgan fingerprint density at radius 3 is 1.92 bits per heavy atom. The predicted molar refractivity (Wildman–Crippen MR) is 437 cm³/mol. The zero-order valence-corrected chi connectivity index (χ0v) is 65.4. The van der Waals surface area contributed by atoms with E-state index in [1.807, 2.05) is 115 Å². The topological polar surface area (TPSA) is 375 Å². The van der Waals surface area contributed by atoms with Gasteiger partial charge in [0.2, 0.25) is 29.5 Å². The van der Waals surface area contributed by atoms with Crippen LogP contribution in [0.1, 0.15) is 60.8 Å². The van der Waals surface area contributed by atoms with Crippen molar-refractivity contribution in [2.45, 2.75) is 109 Å². The number of ether oxygens (including phenoxy) is 4. The number of methoxy groups -OCH3 is 2. The first kappa shape index (κ1) is 80.5. The van der Waals surface area contributed by atoms with Crippen LogP contribution >= 0.6 is 0 Å². The molecule has 5 heterocycles. The van der Waals surface area contributed by atoms with Crippen molar-refractivity contribution >= 4 is 101 Å². The predicted octanol–water partition coefficient (Wildman–Crippen LogP) is 9.74. The van der Waals surface area contributed by atoms with Crippen LogP contribution < -0.4 is 55.0 Å². The number of carbonyl (C=O) groups excluding carboxylic acids is 7. The molecular weight excluding hydrogens is 1530 g/mol. The van der Waals surface area contributed by atoms with Crippen LogP contribution in [0.4, 0.5) is 11.4 Å². The lowest BCUT2D eigenvalue weighted by atomic mass is 10.0. The van der Waals surface area contributed by atoms with E-state index in [0.29, 0.717) is 81.3 Å². The summed E-state index contributed by atoms with van der Waals surface area (Å²) in [5.41, 5.74) is 3.98. The number of rotatable bonds is 21. The molecule has 4 fully saturated rings. The van der Waals surface area contributed by atoms with Crippen molar-refractivity contribution in [1.29, 1.82) is 0 Å². The van der Waals surface area contributed by atoms with E-state index in [0.717, 1.165) is 27.6 Å². The standard InChI is InChI=1S/C44H43N5O9S.C44H41N5O8S/c1-3-30-25-44(30,43(54)49-59(55,56)39-15-8-7-14-34(39)47-40(50)21-28-11-9-10-27(20-28)16-19-41(51)52)48-42(53)37-23-32(26-45-37)58-38-24-35(29-12-5-4-6-13-29)46-36-22-31(57-2)17-18-33(36)38;1-3-30-25-44(30)43(53)48-58(54,55)39-15-8-7-14-34(39)46-40(50)21-28-11-9-10-27(20-28)16-19-41(51)49-26-32(23-37(49)42(52)47-44)57-38-24-35(29-12-5-4-6-13-29)45-36-22-31(56-2)17-18-33(36)38/h3-15,17-18,20,22,24,30,32,37,45H,1,16,19,21,23,25-26H2,2H3,(H,47,50)(H,48,53)(H,49,54)(H,51,52);3-15,17-18,20,22,24,30,32,37H,1,16,19,21,23,25-26H2,2H3,(H,46,50)(H,47,52)(H,48,53)/t2*30-,32-,37+,44-/m11/s1. The highest BCUT2D eigenvalue weighted by molar-refractivity contribution is 7.90. The number of hydrogen-bond donors (Lipinski definition) is 8. The molecule has 3 aliphatic heterocycles. The molecule has 0 unspecified atom stereocenters. The number of aryl methyl sites for hydroxylation is 2. The van der Waals surface area contributed by atoms with Gasteiger partial charge in [0.05, 0.1) is 73.4 Å². The summed E-state index contributed by atoms with van der Waals surface area (Å²) in [5, 5.41) is 24.6. The van der Waals surface area contributed by atoms with Gasteiger partial charge in [-0.15, -0.1) is 13.2 Å². The van der Waals surface area contributed by atoms with E-state index in [2.05, 4.69) is 49.2 Å². The number of nitrogens with one attached hydrogen (secondary N) is 7. The lowest BCUT2D eigenvalue weighted by Gasteiger charge is -2.26. The lowest BCUT2D eigenvalue weighted by Crippen LogP contribution is -2.56. The molecule has 0 radical (unpaired) electrons. The van der Waals surface area contributed by atoms with Gasteiger partial charge >= 0.3 is 5.97 Å². The molecule has 10 aromatic rings. The van der Waals surface area contributed by atoms with Crippen LogP contribution in [0.25, 0.3) is 44.3 Å². The van der Waals surface area contributed by atoms with Crippen LogP contribution in [0.15, 0.2) is 241 Å². The Kier molecular flexibility index (Phi) is 23.5. The third-order valence-corrected chi connectivity index (χ3v) is 24.2. The second-order valence-electron chi connectivity index (χ2n) is 29.3. The minimum Gasteiger partial charge on any atom is -0.497 e. The van der Waals surface area contributed by atoms with Crippen LogP contribution in [0.5, 0.6) is 23.0 Å². The third kappa shape index (κ3) is 18.2. The molecule has 8 atom stereocenters. The number of aliphatic carboxylic acids is 1. The van der Waals surface area contributed by atoms with Gasteiger partial charge in [-0.1, -0.05) is 146 Å². The Bertz CT molecular complexity index is 5840. The molecule has 2 aromatic heterocycles. The maximum absolute atomic E-state index is 14.4. The number of carboxylic acid groups (broad SMARTS) is 1. The number of nitrogens with zero attached hydrogens (tertiary/aromatic N) is 3. The van der Waals surface area contributed by atoms with Gasteiger partial charge in [-0.25, -0.2) is 36.2 Å². The summed E-state index contributed by atoms with van der Waals surface area (Å²) >= 11 is 0. The second-order valence-corrected chi connectivity index (χ2v) is 32.6. The molecule has 29 heteroatoms. The number of anilines is 2. The summed E-state index contributed by atoms with van der Waals surface area (Å²) < 4.78 is 83.4. The quantitative estimate of drug-likeness (QED) is 0.0310. The number of aromatic nitrogens is 2. The van der Waals surface area contributed by atoms with E-state index in [-0.39, 0.29) is 85.0 Å². The SMILES string of the molecule is C=C[C@@H]1C[C@@]12NC(=O)[C@@H]1C[C@@H](Oc3cc(-c4ccccc4)nc4cc(OC)ccc34)CN1C(=O)CCc1cccc(c1)CC(=O)Nc1ccccc1S(=O)(=O)NC2=O.C=C[C@@H]1C[C@]1(NC(=O)[C@@H]1C[C@@H](Oc2cc(-c3ccccc3)nc3cc(OC)ccc23)CN1)C(=O)NS(=O)(=O)c1ccccc1NC(=O)Cc1cccc(CCC(=O)O)c1. The molecule has 8 aromatic carbocycles. The van der Waals surface area contributed by atoms with Crippen molar-refractivity contribution in [3.63, 3.8) is 0 Å². The number of sulfonamides is 2. The largest absolute Gasteiger partial charge is 0.497 e. The van der Waals surface area contributed by atoms with Gasteiger partial charge in [0, 0.05) is 90.2 Å². The number of carboxylic acids is 1. The smallest absolute Gasteiger partial charge is 0.303 e. The van der Waals surface area contributed by atoms with Gasteiger partial charge in [-0.05, 0) is 96.5 Å². The van der Waals surface area contributed by atoms with Crippen molar-refractivity contribution in [2.24, 2.45) is 11.8 Å². The van der Waals surface area contributed by atoms with Crippen LogP contribution in [0, 0.1) is 11.8 Å². The van der Waals surface area contributed by atoms with Gasteiger partial charge < -0.3 is 55.5 Å². The molecular formula is C88H84N10O17S2. The molecule has 2 aliphatic carbocycles. The maximum atomic E-state index is 14.4. The van der Waals surface area contributed by atoms with E-state index >= 15 is 0 Å². The monoisotopic (exact) mass is 1620 g/mol. The normalized spacial score (nSPS) is 21.4. The van der Waals surface area contributed by atoms with Gasteiger partial charge in [0.1, 0.15) is 62.1 Å². The Morgan fingerprint density at radius 2 is 1.28 bits per heavy atom. The molecule has 27 nitrogen and oxygen atoms in total. The number of para-hydroxylation sites is 2. The number of pyridine rings is 2. The molecule has 2 saturated carbocycles. The van der Waals surface area contributed by atoms with E-state index in [4.69, 9.17) is 34.0 Å². The lowest BCUT2D eigenvalue weighted by molar-refractivity contribution is -0.139. The molecule has 8 N–H and O–H groups in total. The highest BCUT2D eigenvalue weighted by Crippen LogP contribution is 2.47. The molecule has 5 aliphatic rings. The highest BCUT2D eigenvalue weighted by Gasteiger charge is 2.63. The van der Waals surface area contributed by atoms with Crippen molar-refractivity contribution in [3.05, 3.63) is 254 Å². The van der Waals surface area contributed by atoms with Crippen molar-refractivity contribution < 1.29 is 79.2 Å². The molecule has 2 bridgehead atoms. The first-order chi connectivity index (χ1) is 56.3. The molecule has 15 rings (SSSR count). The summed E-state index contributed by atoms with van der Waals surface area (Å²) in [5.74, 6) is -4.04. The van der Waals surface area contributed by atoms with E-state index in [9.17, 15) is 55.2 Å². The number of benzene rings is 8. The second kappa shape index (κ2) is 34.1. The van der Waals surface area contributed by atoms with Crippen LogP contribution in [-0.4, -0.2) is 147 Å².